The minimum Gasteiger partial charge on any atom is -0.497 e. The van der Waals surface area contributed by atoms with Gasteiger partial charge >= 0.3 is 0 Å². The van der Waals surface area contributed by atoms with E-state index in [1.165, 1.54) is 0 Å². The minimum atomic E-state index is -0.719. The Morgan fingerprint density at radius 2 is 1.91 bits per heavy atom. The van der Waals surface area contributed by atoms with Crippen LogP contribution in [-0.4, -0.2) is 33.9 Å². The van der Waals surface area contributed by atoms with Gasteiger partial charge in [0.2, 0.25) is 5.88 Å². The first-order valence-corrected chi connectivity index (χ1v) is 10.4. The molecule has 0 aliphatic rings. The predicted octanol–water partition coefficient (Wildman–Crippen LogP) is 4.04. The fourth-order valence-electron chi connectivity index (χ4n) is 3.68. The van der Waals surface area contributed by atoms with Crippen molar-refractivity contribution in [3.63, 3.8) is 0 Å². The minimum absolute atomic E-state index is 0.225. The number of methoxy groups -OCH3 is 1. The number of rotatable bonds is 7. The van der Waals surface area contributed by atoms with E-state index in [-0.39, 0.29) is 5.91 Å². The average molecular weight is 431 g/mol. The van der Waals surface area contributed by atoms with E-state index in [4.69, 9.17) is 9.47 Å². The highest BCUT2D eigenvalue weighted by Gasteiger charge is 2.19. The van der Waals surface area contributed by atoms with Crippen LogP contribution in [0.25, 0.3) is 22.2 Å². The predicted molar refractivity (Wildman–Crippen MR) is 124 cm³/mol. The van der Waals surface area contributed by atoms with Crippen molar-refractivity contribution in [1.29, 1.82) is 0 Å². The van der Waals surface area contributed by atoms with Crippen molar-refractivity contribution < 1.29 is 14.3 Å². The maximum absolute atomic E-state index is 12.7. The number of carbonyl (C=O) groups is 1. The summed E-state index contributed by atoms with van der Waals surface area (Å²) in [7, 11) is 3.47. The molecule has 2 aromatic heterocycles. The van der Waals surface area contributed by atoms with E-state index in [0.29, 0.717) is 18.1 Å². The molecule has 7 heteroatoms. The number of amides is 1. The second-order valence-electron chi connectivity index (χ2n) is 7.61. The van der Waals surface area contributed by atoms with Crippen LogP contribution in [0.5, 0.6) is 11.6 Å². The van der Waals surface area contributed by atoms with Gasteiger partial charge in [0.05, 0.1) is 18.2 Å². The summed E-state index contributed by atoms with van der Waals surface area (Å²) in [4.78, 5) is 17.3. The van der Waals surface area contributed by atoms with E-state index in [0.717, 1.165) is 33.5 Å². The van der Waals surface area contributed by atoms with E-state index >= 15 is 0 Å². The highest BCUT2D eigenvalue weighted by Crippen LogP contribution is 2.33. The van der Waals surface area contributed by atoms with Crippen molar-refractivity contribution >= 4 is 16.9 Å². The Kier molecular flexibility index (Phi) is 6.07. The number of nitrogens with one attached hydrogen (secondary N) is 1. The zero-order valence-electron chi connectivity index (χ0n) is 18.6. The number of carbonyl (C=O) groups excluding carboxylic acids is 1. The average Bonchev–Trinajstić information content (AvgIpc) is 3.10. The summed E-state index contributed by atoms with van der Waals surface area (Å²) in [5.41, 5.74) is 4.56. The van der Waals surface area contributed by atoms with Crippen LogP contribution in [0.3, 0.4) is 0 Å². The molecular formula is C25H26N4O3. The topological polar surface area (TPSA) is 78.3 Å². The Morgan fingerprint density at radius 1 is 1.12 bits per heavy atom. The monoisotopic (exact) mass is 430 g/mol. The van der Waals surface area contributed by atoms with E-state index in [2.05, 4.69) is 15.4 Å². The lowest BCUT2D eigenvalue weighted by Crippen LogP contribution is -2.36. The van der Waals surface area contributed by atoms with Crippen LogP contribution >= 0.6 is 0 Å². The molecule has 4 aromatic rings. The quantitative estimate of drug-likeness (QED) is 0.479. The van der Waals surface area contributed by atoms with Gasteiger partial charge < -0.3 is 14.8 Å². The van der Waals surface area contributed by atoms with Gasteiger partial charge in [0.15, 0.2) is 11.8 Å². The highest BCUT2D eigenvalue weighted by atomic mass is 16.5. The lowest BCUT2D eigenvalue weighted by Gasteiger charge is -2.16. The van der Waals surface area contributed by atoms with Crippen molar-refractivity contribution in [3.8, 4) is 22.8 Å². The Bertz CT molecular complexity index is 1250. The number of hydrogen-bond acceptors (Lipinski definition) is 5. The van der Waals surface area contributed by atoms with E-state index in [1.54, 1.807) is 18.7 Å². The van der Waals surface area contributed by atoms with Crippen molar-refractivity contribution in [2.24, 2.45) is 7.05 Å². The lowest BCUT2D eigenvalue weighted by atomic mass is 10.0. The second kappa shape index (κ2) is 9.09. The molecule has 0 saturated carbocycles. The highest BCUT2D eigenvalue weighted by molar-refractivity contribution is 5.95. The number of pyridine rings is 1. The third-order valence-corrected chi connectivity index (χ3v) is 5.30. The third-order valence-electron chi connectivity index (χ3n) is 5.30. The van der Waals surface area contributed by atoms with Gasteiger partial charge in [-0.15, -0.1) is 0 Å². The molecule has 4 rings (SSSR count). The molecule has 0 aliphatic carbocycles. The van der Waals surface area contributed by atoms with Crippen molar-refractivity contribution in [3.05, 3.63) is 71.9 Å². The number of benzene rings is 2. The molecule has 2 heterocycles. The SMILES string of the molecule is COc1cccc(CNC(=O)[C@H](C)Oc2cc(-c3ccccc3)c3c(C)nn(C)c3n2)c1. The molecule has 7 nitrogen and oxygen atoms in total. The second-order valence-corrected chi connectivity index (χ2v) is 7.61. The van der Waals surface area contributed by atoms with Crippen molar-refractivity contribution in [2.75, 3.05) is 7.11 Å². The van der Waals surface area contributed by atoms with Crippen LogP contribution in [0.4, 0.5) is 0 Å². The maximum atomic E-state index is 12.7. The third kappa shape index (κ3) is 4.42. The lowest BCUT2D eigenvalue weighted by molar-refractivity contribution is -0.127. The fourth-order valence-corrected chi connectivity index (χ4v) is 3.68. The van der Waals surface area contributed by atoms with E-state index in [1.807, 2.05) is 74.6 Å². The van der Waals surface area contributed by atoms with E-state index in [9.17, 15) is 4.79 Å². The van der Waals surface area contributed by atoms with Crippen LogP contribution < -0.4 is 14.8 Å². The molecule has 1 amide bonds. The molecule has 0 spiro atoms. The van der Waals surface area contributed by atoms with Gasteiger partial charge in [-0.2, -0.15) is 10.1 Å². The number of aromatic nitrogens is 3. The molecule has 1 atom stereocenters. The first kappa shape index (κ1) is 21.4. The standard InChI is InChI=1S/C25H26N4O3/c1-16-23-21(19-10-6-5-7-11-19)14-22(27-24(23)29(3)28-16)32-17(2)25(30)26-15-18-9-8-12-20(13-18)31-4/h5-14,17H,15H2,1-4H3,(H,26,30)/t17-/m0/s1. The normalized spacial score (nSPS) is 11.9. The van der Waals surface area contributed by atoms with Gasteiger partial charge in [-0.25, -0.2) is 0 Å². The van der Waals surface area contributed by atoms with Crippen molar-refractivity contribution in [1.82, 2.24) is 20.1 Å². The molecular weight excluding hydrogens is 404 g/mol. The number of nitrogens with zero attached hydrogens (tertiary/aromatic N) is 3. The van der Waals surface area contributed by atoms with Crippen molar-refractivity contribution in [2.45, 2.75) is 26.5 Å². The number of fused-ring (bicyclic) bond motifs is 1. The van der Waals surface area contributed by atoms with Gasteiger partial charge in [0.1, 0.15) is 5.75 Å². The van der Waals surface area contributed by atoms with Gasteiger partial charge in [0, 0.05) is 19.7 Å². The van der Waals surface area contributed by atoms with Crippen LogP contribution in [0.1, 0.15) is 18.2 Å². The Hall–Kier alpha value is -3.87. The zero-order chi connectivity index (χ0) is 22.7. The summed E-state index contributed by atoms with van der Waals surface area (Å²) < 4.78 is 12.9. The number of aryl methyl sites for hydroxylation is 2. The molecule has 0 fully saturated rings. The first-order chi connectivity index (χ1) is 15.5. The Labute approximate surface area is 187 Å². The maximum Gasteiger partial charge on any atom is 0.261 e. The summed E-state index contributed by atoms with van der Waals surface area (Å²) in [5, 5.41) is 8.40. The molecule has 0 radical (unpaired) electrons. The van der Waals surface area contributed by atoms with Crippen LogP contribution in [0.2, 0.25) is 0 Å². The summed E-state index contributed by atoms with van der Waals surface area (Å²) >= 11 is 0. The summed E-state index contributed by atoms with van der Waals surface area (Å²) in [6.07, 6.45) is -0.719. The largest absolute Gasteiger partial charge is 0.497 e. The molecule has 0 unspecified atom stereocenters. The molecule has 0 bridgehead atoms. The Morgan fingerprint density at radius 3 is 2.66 bits per heavy atom. The van der Waals surface area contributed by atoms with E-state index < -0.39 is 6.10 Å². The van der Waals surface area contributed by atoms with Gasteiger partial charge in [0.25, 0.3) is 5.91 Å². The summed E-state index contributed by atoms with van der Waals surface area (Å²) in [5.74, 6) is 0.902. The summed E-state index contributed by atoms with van der Waals surface area (Å²) in [6.45, 7) is 4.06. The van der Waals surface area contributed by atoms with Gasteiger partial charge in [-0.1, -0.05) is 42.5 Å². The fraction of sp³-hybridized carbons (Fsp3) is 0.240. The van der Waals surface area contributed by atoms with Crippen LogP contribution in [-0.2, 0) is 18.4 Å². The molecule has 1 N–H and O–H groups in total. The van der Waals surface area contributed by atoms with Gasteiger partial charge in [-0.3, -0.25) is 9.48 Å². The zero-order valence-corrected chi connectivity index (χ0v) is 18.6. The molecule has 2 aromatic carbocycles. The number of ether oxygens (including phenoxy) is 2. The van der Waals surface area contributed by atoms with Gasteiger partial charge in [-0.05, 0) is 42.7 Å². The van der Waals surface area contributed by atoms with Crippen LogP contribution in [0.15, 0.2) is 60.7 Å². The molecule has 0 aliphatic heterocycles. The smallest absolute Gasteiger partial charge is 0.261 e. The first-order valence-electron chi connectivity index (χ1n) is 10.4. The molecule has 32 heavy (non-hydrogen) atoms. The van der Waals surface area contributed by atoms with Crippen LogP contribution in [0, 0.1) is 6.92 Å². The number of hydrogen-bond donors (Lipinski definition) is 1. The Balaban J connectivity index is 1.55. The summed E-state index contributed by atoms with van der Waals surface area (Å²) in [6, 6.07) is 19.5. The molecule has 164 valence electrons. The molecule has 0 saturated heterocycles.